The Labute approximate surface area is 110 Å². The first kappa shape index (κ1) is 12.5. The van der Waals surface area contributed by atoms with Crippen LogP contribution in [-0.4, -0.2) is 10.2 Å². The number of aromatic hydroxyl groups is 2. The molecule has 2 rings (SSSR count). The van der Waals surface area contributed by atoms with Crippen LogP contribution in [0.5, 0.6) is 11.5 Å². The first-order chi connectivity index (χ1) is 8.11. The second-order valence-corrected chi connectivity index (χ2v) is 5.25. The largest absolute Gasteiger partial charge is 0.507 e. The Balaban J connectivity index is 2.41. The van der Waals surface area contributed by atoms with Crippen LogP contribution in [0.1, 0.15) is 43.2 Å². The van der Waals surface area contributed by atoms with Crippen LogP contribution in [0.25, 0.3) is 0 Å². The van der Waals surface area contributed by atoms with Crippen molar-refractivity contribution in [3.63, 3.8) is 0 Å². The van der Waals surface area contributed by atoms with Crippen LogP contribution in [0.2, 0.25) is 0 Å². The molecule has 3 heteroatoms. The van der Waals surface area contributed by atoms with Crippen LogP contribution in [-0.2, 0) is 5.33 Å². The fourth-order valence-electron chi connectivity index (χ4n) is 2.48. The Kier molecular flexibility index (Phi) is 3.77. The van der Waals surface area contributed by atoms with Crippen LogP contribution in [0.15, 0.2) is 23.8 Å². The number of rotatable bonds is 2. The lowest BCUT2D eigenvalue weighted by Crippen LogP contribution is -2.03. The SMILES string of the molecule is CC1=CC(c2c(O)cc(CBr)cc2O)CCC1. The van der Waals surface area contributed by atoms with Crippen LogP contribution < -0.4 is 0 Å². The molecule has 17 heavy (non-hydrogen) atoms. The molecule has 2 N–H and O–H groups in total. The summed E-state index contributed by atoms with van der Waals surface area (Å²) in [6, 6.07) is 3.45. The highest BCUT2D eigenvalue weighted by molar-refractivity contribution is 9.08. The summed E-state index contributed by atoms with van der Waals surface area (Å²) < 4.78 is 0. The monoisotopic (exact) mass is 296 g/mol. The average molecular weight is 297 g/mol. The fraction of sp³-hybridized carbons (Fsp3) is 0.429. The molecule has 0 aromatic heterocycles. The van der Waals surface area contributed by atoms with Gasteiger partial charge in [-0.3, -0.25) is 0 Å². The third-order valence-corrected chi connectivity index (χ3v) is 3.94. The van der Waals surface area contributed by atoms with Gasteiger partial charge in [-0.1, -0.05) is 27.6 Å². The fourth-order valence-corrected chi connectivity index (χ4v) is 2.80. The van der Waals surface area contributed by atoms with Gasteiger partial charge in [-0.25, -0.2) is 0 Å². The number of hydrogen-bond donors (Lipinski definition) is 2. The minimum atomic E-state index is 0.146. The number of phenols is 2. The molecule has 2 nitrogen and oxygen atoms in total. The summed E-state index contributed by atoms with van der Waals surface area (Å²) in [5.74, 6) is 0.555. The summed E-state index contributed by atoms with van der Waals surface area (Å²) >= 11 is 3.32. The average Bonchev–Trinajstić information content (AvgIpc) is 2.28. The topological polar surface area (TPSA) is 40.5 Å². The molecule has 0 heterocycles. The van der Waals surface area contributed by atoms with Gasteiger partial charge in [0.15, 0.2) is 0 Å². The first-order valence-electron chi connectivity index (χ1n) is 5.90. The van der Waals surface area contributed by atoms with Crippen molar-refractivity contribution in [1.29, 1.82) is 0 Å². The lowest BCUT2D eigenvalue weighted by atomic mass is 9.85. The van der Waals surface area contributed by atoms with Gasteiger partial charge < -0.3 is 10.2 Å². The van der Waals surface area contributed by atoms with Crippen molar-refractivity contribution in [2.75, 3.05) is 0 Å². The standard InChI is InChI=1S/C14H17BrO2/c1-9-3-2-4-11(5-9)14-12(16)6-10(8-15)7-13(14)17/h5-7,11,16-17H,2-4,8H2,1H3. The van der Waals surface area contributed by atoms with E-state index in [0.717, 1.165) is 24.8 Å². The minimum Gasteiger partial charge on any atom is -0.507 e. The van der Waals surface area contributed by atoms with Crippen LogP contribution >= 0.6 is 15.9 Å². The number of phenolic OH excluding ortho intramolecular Hbond substituents is 2. The van der Waals surface area contributed by atoms with Gasteiger partial charge in [-0.2, -0.15) is 0 Å². The normalized spacial score (nSPS) is 20.1. The van der Waals surface area contributed by atoms with Gasteiger partial charge in [-0.05, 0) is 43.9 Å². The lowest BCUT2D eigenvalue weighted by Gasteiger charge is -2.22. The van der Waals surface area contributed by atoms with E-state index in [4.69, 9.17) is 0 Å². The highest BCUT2D eigenvalue weighted by atomic mass is 79.9. The number of halogens is 1. The van der Waals surface area contributed by atoms with Gasteiger partial charge in [0.2, 0.25) is 0 Å². The molecule has 1 aromatic rings. The van der Waals surface area contributed by atoms with Crippen LogP contribution in [0, 0.1) is 0 Å². The summed E-state index contributed by atoms with van der Waals surface area (Å²) in [5.41, 5.74) is 2.90. The highest BCUT2D eigenvalue weighted by Crippen LogP contribution is 2.41. The van der Waals surface area contributed by atoms with Crippen molar-refractivity contribution < 1.29 is 10.2 Å². The van der Waals surface area contributed by atoms with E-state index in [1.807, 2.05) is 0 Å². The van der Waals surface area contributed by atoms with Gasteiger partial charge in [0.05, 0.1) is 0 Å². The van der Waals surface area contributed by atoms with Crippen molar-refractivity contribution in [1.82, 2.24) is 0 Å². The minimum absolute atomic E-state index is 0.146. The van der Waals surface area contributed by atoms with Gasteiger partial charge in [0, 0.05) is 16.8 Å². The highest BCUT2D eigenvalue weighted by Gasteiger charge is 2.20. The molecule has 0 radical (unpaired) electrons. The maximum absolute atomic E-state index is 10.0. The molecule has 1 unspecified atom stereocenters. The Hall–Kier alpha value is -0.960. The molecular formula is C14H17BrO2. The molecule has 0 aliphatic heterocycles. The molecule has 0 saturated carbocycles. The molecule has 1 aromatic carbocycles. The van der Waals surface area contributed by atoms with E-state index in [9.17, 15) is 10.2 Å². The van der Waals surface area contributed by atoms with Gasteiger partial charge >= 0.3 is 0 Å². The van der Waals surface area contributed by atoms with Crippen LogP contribution in [0.3, 0.4) is 0 Å². The van der Waals surface area contributed by atoms with E-state index in [-0.39, 0.29) is 17.4 Å². The summed E-state index contributed by atoms with van der Waals surface area (Å²) in [4.78, 5) is 0. The van der Waals surface area contributed by atoms with E-state index in [1.165, 1.54) is 5.57 Å². The molecule has 0 amide bonds. The van der Waals surface area contributed by atoms with E-state index < -0.39 is 0 Å². The van der Waals surface area contributed by atoms with Crippen LogP contribution in [0.4, 0.5) is 0 Å². The second-order valence-electron chi connectivity index (χ2n) is 4.69. The van der Waals surface area contributed by atoms with Gasteiger partial charge in [-0.15, -0.1) is 0 Å². The number of alkyl halides is 1. The maximum atomic E-state index is 10.0. The Morgan fingerprint density at radius 2 is 1.94 bits per heavy atom. The van der Waals surface area contributed by atoms with Crippen molar-refractivity contribution >= 4 is 15.9 Å². The van der Waals surface area contributed by atoms with E-state index in [1.54, 1.807) is 12.1 Å². The van der Waals surface area contributed by atoms with Crippen molar-refractivity contribution in [2.24, 2.45) is 0 Å². The van der Waals surface area contributed by atoms with E-state index in [0.29, 0.717) is 10.9 Å². The molecule has 0 spiro atoms. The third kappa shape index (κ3) is 2.65. The predicted molar refractivity (Wildman–Crippen MR) is 72.8 cm³/mol. The molecule has 0 saturated heterocycles. The molecule has 0 bridgehead atoms. The number of benzene rings is 1. The second kappa shape index (κ2) is 5.13. The summed E-state index contributed by atoms with van der Waals surface area (Å²) in [6.45, 7) is 2.10. The molecule has 92 valence electrons. The Morgan fingerprint density at radius 1 is 1.29 bits per heavy atom. The van der Waals surface area contributed by atoms with Crippen molar-refractivity contribution in [3.8, 4) is 11.5 Å². The third-order valence-electron chi connectivity index (χ3n) is 3.29. The number of allylic oxidation sites excluding steroid dienone is 2. The van der Waals surface area contributed by atoms with Crippen molar-refractivity contribution in [2.45, 2.75) is 37.4 Å². The Bertz CT molecular complexity index is 429. The zero-order chi connectivity index (χ0) is 12.4. The summed E-state index contributed by atoms with van der Waals surface area (Å²) in [7, 11) is 0. The molecule has 0 fully saturated rings. The summed E-state index contributed by atoms with van der Waals surface area (Å²) in [5, 5.41) is 20.7. The molecule has 1 aliphatic rings. The lowest BCUT2D eigenvalue weighted by molar-refractivity contribution is 0.428. The number of hydrogen-bond acceptors (Lipinski definition) is 2. The maximum Gasteiger partial charge on any atom is 0.123 e. The molecule has 1 aliphatic carbocycles. The predicted octanol–water partition coefficient (Wildman–Crippen LogP) is 4.21. The molecular weight excluding hydrogens is 280 g/mol. The smallest absolute Gasteiger partial charge is 0.123 e. The van der Waals surface area contributed by atoms with E-state index in [2.05, 4.69) is 28.9 Å². The zero-order valence-electron chi connectivity index (χ0n) is 9.91. The van der Waals surface area contributed by atoms with Gasteiger partial charge in [0.25, 0.3) is 0 Å². The van der Waals surface area contributed by atoms with E-state index >= 15 is 0 Å². The first-order valence-corrected chi connectivity index (χ1v) is 7.02. The van der Waals surface area contributed by atoms with Gasteiger partial charge in [0.1, 0.15) is 11.5 Å². The Morgan fingerprint density at radius 3 is 2.47 bits per heavy atom. The summed E-state index contributed by atoms with van der Waals surface area (Å²) in [6.07, 6.45) is 5.39. The quantitative estimate of drug-likeness (QED) is 0.634. The zero-order valence-corrected chi connectivity index (χ0v) is 11.5. The molecule has 1 atom stereocenters. The van der Waals surface area contributed by atoms with Crippen molar-refractivity contribution in [3.05, 3.63) is 34.9 Å².